The highest BCUT2D eigenvalue weighted by atomic mass is 19.2. The molecular weight excluding hydrogens is 374 g/mol. The van der Waals surface area contributed by atoms with Crippen LogP contribution < -0.4 is 5.73 Å². The molecule has 1 aliphatic heterocycles. The first-order chi connectivity index (χ1) is 13.2. The number of halogens is 2. The zero-order valence-electron chi connectivity index (χ0n) is 14.7. The Morgan fingerprint density at radius 2 is 2.04 bits per heavy atom. The molecule has 10 heteroatoms. The summed E-state index contributed by atoms with van der Waals surface area (Å²) in [5, 5.41) is 32.6. The standard InChI is InChI=1S/C18H18F2N4O4/c1-18(27)13(26)17(24-6-5-9-15(21)22-7-23-16(9)24)28-14(18)12(25)8-3-2-4-10(19)11(8)20/h2-7,12-14,17,25-27H,1H3,(H2,21,22,23)/t12?,13-,14+,17+,18-/m0/s1. The number of nitrogen functional groups attached to an aromatic ring is 1. The minimum atomic E-state index is -1.97. The van der Waals surface area contributed by atoms with E-state index in [-0.39, 0.29) is 11.4 Å². The quantitative estimate of drug-likeness (QED) is 0.524. The third-order valence-electron chi connectivity index (χ3n) is 5.13. The number of benzene rings is 1. The van der Waals surface area contributed by atoms with Crippen LogP contribution in [-0.2, 0) is 4.74 Å². The summed E-state index contributed by atoms with van der Waals surface area (Å²) in [6, 6.07) is 4.94. The number of nitrogens with two attached hydrogens (primary N) is 1. The van der Waals surface area contributed by atoms with Gasteiger partial charge in [-0.1, -0.05) is 12.1 Å². The molecule has 28 heavy (non-hydrogen) atoms. The van der Waals surface area contributed by atoms with Crippen LogP contribution in [0.2, 0.25) is 0 Å². The molecule has 2 aromatic heterocycles. The zero-order valence-corrected chi connectivity index (χ0v) is 14.7. The monoisotopic (exact) mass is 392 g/mol. The lowest BCUT2D eigenvalue weighted by Crippen LogP contribution is -2.47. The molecule has 0 aliphatic carbocycles. The molecule has 0 spiro atoms. The summed E-state index contributed by atoms with van der Waals surface area (Å²) in [4.78, 5) is 7.99. The maximum absolute atomic E-state index is 14.1. The normalized spacial score (nSPS) is 28.7. The van der Waals surface area contributed by atoms with Crippen molar-refractivity contribution in [3.8, 4) is 0 Å². The van der Waals surface area contributed by atoms with Crippen LogP contribution in [0.5, 0.6) is 0 Å². The number of aromatic nitrogens is 3. The first-order valence-electron chi connectivity index (χ1n) is 8.48. The Labute approximate surface area is 157 Å². The van der Waals surface area contributed by atoms with Crippen LogP contribution in [0.25, 0.3) is 11.0 Å². The lowest BCUT2D eigenvalue weighted by molar-refractivity contribution is -0.115. The number of aliphatic hydroxyl groups excluding tert-OH is 2. The fourth-order valence-corrected chi connectivity index (χ4v) is 3.54. The molecule has 1 saturated heterocycles. The van der Waals surface area contributed by atoms with Crippen LogP contribution in [0.3, 0.4) is 0 Å². The van der Waals surface area contributed by atoms with Gasteiger partial charge in [0.05, 0.1) is 5.39 Å². The molecule has 1 unspecified atom stereocenters. The summed E-state index contributed by atoms with van der Waals surface area (Å²) in [5.74, 6) is -2.17. The number of anilines is 1. The molecule has 1 fully saturated rings. The Morgan fingerprint density at radius 3 is 2.79 bits per heavy atom. The number of fused-ring (bicyclic) bond motifs is 1. The summed E-state index contributed by atoms with van der Waals surface area (Å²) in [6.45, 7) is 1.25. The van der Waals surface area contributed by atoms with E-state index >= 15 is 0 Å². The minimum Gasteiger partial charge on any atom is -0.385 e. The van der Waals surface area contributed by atoms with Crippen molar-refractivity contribution in [1.29, 1.82) is 0 Å². The average molecular weight is 392 g/mol. The summed E-state index contributed by atoms with van der Waals surface area (Å²) in [7, 11) is 0. The molecule has 3 heterocycles. The zero-order chi connectivity index (χ0) is 20.2. The van der Waals surface area contributed by atoms with Gasteiger partial charge in [-0.25, -0.2) is 18.7 Å². The van der Waals surface area contributed by atoms with Gasteiger partial charge in [0.25, 0.3) is 0 Å². The summed E-state index contributed by atoms with van der Waals surface area (Å²) < 4.78 is 34.8. The van der Waals surface area contributed by atoms with Crippen LogP contribution >= 0.6 is 0 Å². The van der Waals surface area contributed by atoms with Gasteiger partial charge in [-0.3, -0.25) is 0 Å². The molecule has 5 N–H and O–H groups in total. The van der Waals surface area contributed by atoms with E-state index in [1.165, 1.54) is 36.1 Å². The van der Waals surface area contributed by atoms with Gasteiger partial charge < -0.3 is 30.4 Å². The summed E-state index contributed by atoms with van der Waals surface area (Å²) in [6.07, 6.45) is -3.06. The van der Waals surface area contributed by atoms with Gasteiger partial charge in [0.15, 0.2) is 17.9 Å². The van der Waals surface area contributed by atoms with Crippen LogP contribution in [0, 0.1) is 11.6 Å². The van der Waals surface area contributed by atoms with E-state index in [1.54, 1.807) is 6.07 Å². The van der Waals surface area contributed by atoms with E-state index in [0.717, 1.165) is 6.07 Å². The van der Waals surface area contributed by atoms with Crippen molar-refractivity contribution in [3.63, 3.8) is 0 Å². The third kappa shape index (κ3) is 2.65. The van der Waals surface area contributed by atoms with Crippen LogP contribution in [0.4, 0.5) is 14.6 Å². The fraction of sp³-hybridized carbons (Fsp3) is 0.333. The van der Waals surface area contributed by atoms with E-state index in [4.69, 9.17) is 10.5 Å². The Morgan fingerprint density at radius 1 is 1.29 bits per heavy atom. The van der Waals surface area contributed by atoms with Gasteiger partial charge in [-0.15, -0.1) is 0 Å². The Hall–Kier alpha value is -2.66. The van der Waals surface area contributed by atoms with Gasteiger partial charge in [-0.05, 0) is 19.1 Å². The predicted molar refractivity (Wildman–Crippen MR) is 93.8 cm³/mol. The van der Waals surface area contributed by atoms with Crippen molar-refractivity contribution in [2.75, 3.05) is 5.73 Å². The predicted octanol–water partition coefficient (Wildman–Crippen LogP) is 1.03. The van der Waals surface area contributed by atoms with Crippen LogP contribution in [0.1, 0.15) is 24.8 Å². The first kappa shape index (κ1) is 18.7. The molecule has 3 aromatic rings. The summed E-state index contributed by atoms with van der Waals surface area (Å²) >= 11 is 0. The van der Waals surface area contributed by atoms with Gasteiger partial charge >= 0.3 is 0 Å². The lowest BCUT2D eigenvalue weighted by atomic mass is 9.88. The second kappa shape index (κ2) is 6.45. The van der Waals surface area contributed by atoms with Gasteiger partial charge in [0.2, 0.25) is 0 Å². The van der Waals surface area contributed by atoms with E-state index < -0.39 is 41.8 Å². The molecule has 148 valence electrons. The molecule has 5 atom stereocenters. The minimum absolute atomic E-state index is 0.224. The topological polar surface area (TPSA) is 127 Å². The maximum atomic E-state index is 14.1. The first-order valence-corrected chi connectivity index (χ1v) is 8.48. The Kier molecular flexibility index (Phi) is 4.31. The number of nitrogens with zero attached hydrogens (tertiary/aromatic N) is 3. The summed E-state index contributed by atoms with van der Waals surface area (Å²) in [5.41, 5.74) is 3.79. The van der Waals surface area contributed by atoms with E-state index in [2.05, 4.69) is 9.97 Å². The molecular formula is C18H18F2N4O4. The molecule has 4 rings (SSSR count). The van der Waals surface area contributed by atoms with Gasteiger partial charge in [0.1, 0.15) is 41.7 Å². The van der Waals surface area contributed by atoms with Gasteiger partial charge in [-0.2, -0.15) is 0 Å². The maximum Gasteiger partial charge on any atom is 0.164 e. The number of ether oxygens (including phenoxy) is 1. The largest absolute Gasteiger partial charge is 0.385 e. The number of rotatable bonds is 3. The van der Waals surface area contributed by atoms with Crippen molar-refractivity contribution < 1.29 is 28.8 Å². The molecule has 0 radical (unpaired) electrons. The van der Waals surface area contributed by atoms with E-state index in [0.29, 0.717) is 11.0 Å². The smallest absolute Gasteiger partial charge is 0.164 e. The van der Waals surface area contributed by atoms with Crippen LogP contribution in [0.15, 0.2) is 36.8 Å². The lowest BCUT2D eigenvalue weighted by Gasteiger charge is -2.29. The second-order valence-corrected chi connectivity index (χ2v) is 6.92. The van der Waals surface area contributed by atoms with Crippen molar-refractivity contribution in [3.05, 3.63) is 54.0 Å². The van der Waals surface area contributed by atoms with Crippen molar-refractivity contribution in [1.82, 2.24) is 14.5 Å². The fourth-order valence-electron chi connectivity index (χ4n) is 3.54. The molecule has 0 saturated carbocycles. The Balaban J connectivity index is 1.73. The number of aliphatic hydroxyl groups is 3. The highest BCUT2D eigenvalue weighted by Crippen LogP contribution is 2.43. The number of hydrogen-bond acceptors (Lipinski definition) is 7. The SMILES string of the molecule is C[C@@]1(O)[C@@H](C(O)c2cccc(F)c2F)O[C@@H](n2ccc3c(N)ncnc32)[C@@H]1O. The highest BCUT2D eigenvalue weighted by molar-refractivity contribution is 5.86. The second-order valence-electron chi connectivity index (χ2n) is 6.92. The molecule has 0 amide bonds. The van der Waals surface area contributed by atoms with Crippen molar-refractivity contribution >= 4 is 16.9 Å². The van der Waals surface area contributed by atoms with Crippen molar-refractivity contribution in [2.45, 2.75) is 37.1 Å². The molecule has 1 aliphatic rings. The van der Waals surface area contributed by atoms with Crippen molar-refractivity contribution in [2.24, 2.45) is 0 Å². The van der Waals surface area contributed by atoms with E-state index in [9.17, 15) is 24.1 Å². The molecule has 0 bridgehead atoms. The average Bonchev–Trinajstić information content (AvgIpc) is 3.18. The highest BCUT2D eigenvalue weighted by Gasteiger charge is 2.56. The molecule has 1 aromatic carbocycles. The third-order valence-corrected chi connectivity index (χ3v) is 5.13. The van der Waals surface area contributed by atoms with E-state index in [1.807, 2.05) is 0 Å². The Bertz CT molecular complexity index is 1040. The molecule has 8 nitrogen and oxygen atoms in total. The van der Waals surface area contributed by atoms with Gasteiger partial charge in [0, 0.05) is 11.8 Å². The van der Waals surface area contributed by atoms with Crippen LogP contribution in [-0.4, -0.2) is 47.7 Å². The number of hydrogen-bond donors (Lipinski definition) is 4.